The molecule has 4 nitrogen and oxygen atoms in total. The number of anilines is 2. The molecule has 0 fully saturated rings. The van der Waals surface area contributed by atoms with Gasteiger partial charge in [-0.3, -0.25) is 9.69 Å². The van der Waals surface area contributed by atoms with Gasteiger partial charge in [0.05, 0.1) is 5.69 Å². The molecule has 0 aliphatic carbocycles. The molecule has 1 aliphatic rings. The summed E-state index contributed by atoms with van der Waals surface area (Å²) in [6.07, 6.45) is 1.76. The maximum atomic E-state index is 12.7. The van der Waals surface area contributed by atoms with Crippen LogP contribution in [0.25, 0.3) is 6.08 Å². The van der Waals surface area contributed by atoms with Crippen molar-refractivity contribution in [2.75, 3.05) is 10.6 Å². The first-order valence-electron chi connectivity index (χ1n) is 7.24. The number of amides is 1. The van der Waals surface area contributed by atoms with Crippen molar-refractivity contribution in [3.63, 3.8) is 0 Å². The molecular weight excluding hydrogens is 276 g/mol. The highest BCUT2D eigenvalue weighted by Crippen LogP contribution is 2.38. The van der Waals surface area contributed by atoms with Crippen LogP contribution in [0.2, 0.25) is 0 Å². The Morgan fingerprint density at radius 3 is 2.55 bits per heavy atom. The third-order valence-corrected chi connectivity index (χ3v) is 3.51. The first-order valence-corrected chi connectivity index (χ1v) is 7.24. The van der Waals surface area contributed by atoms with Crippen LogP contribution >= 0.6 is 0 Å². The van der Waals surface area contributed by atoms with Crippen LogP contribution in [0, 0.1) is 0 Å². The van der Waals surface area contributed by atoms with E-state index in [0.717, 1.165) is 5.56 Å². The number of hydrogen-bond acceptors (Lipinski definition) is 3. The van der Waals surface area contributed by atoms with Crippen LogP contribution in [0.4, 0.5) is 11.4 Å². The van der Waals surface area contributed by atoms with Crippen molar-refractivity contribution in [3.05, 3.63) is 59.9 Å². The molecule has 3 rings (SSSR count). The van der Waals surface area contributed by atoms with Crippen molar-refractivity contribution in [3.8, 4) is 5.75 Å². The summed E-state index contributed by atoms with van der Waals surface area (Å²) in [5.74, 6) is 0.804. The van der Waals surface area contributed by atoms with E-state index in [1.807, 2.05) is 44.2 Å². The fraction of sp³-hybridized carbons (Fsp3) is 0.167. The monoisotopic (exact) mass is 294 g/mol. The van der Waals surface area contributed by atoms with Crippen LogP contribution in [0.1, 0.15) is 19.4 Å². The second kappa shape index (κ2) is 5.56. The number of carbonyl (C=O) groups excluding carboxylic acids is 1. The van der Waals surface area contributed by atoms with E-state index in [1.165, 1.54) is 0 Å². The molecule has 0 unspecified atom stereocenters. The third kappa shape index (κ3) is 2.55. The highest BCUT2D eigenvalue weighted by Gasteiger charge is 2.32. The minimum Gasteiger partial charge on any atom is -0.449 e. The zero-order valence-corrected chi connectivity index (χ0v) is 12.6. The van der Waals surface area contributed by atoms with Gasteiger partial charge in [0.15, 0.2) is 11.5 Å². The molecule has 0 spiro atoms. The van der Waals surface area contributed by atoms with Gasteiger partial charge in [-0.15, -0.1) is 0 Å². The second-order valence-corrected chi connectivity index (χ2v) is 5.52. The fourth-order valence-corrected chi connectivity index (χ4v) is 2.50. The summed E-state index contributed by atoms with van der Waals surface area (Å²) < 4.78 is 5.80. The Morgan fingerprint density at radius 2 is 1.86 bits per heavy atom. The van der Waals surface area contributed by atoms with E-state index < -0.39 is 0 Å². The van der Waals surface area contributed by atoms with Crippen molar-refractivity contribution in [1.29, 1.82) is 0 Å². The summed E-state index contributed by atoms with van der Waals surface area (Å²) in [7, 11) is 0. The molecule has 2 aromatic carbocycles. The van der Waals surface area contributed by atoms with Gasteiger partial charge in [-0.1, -0.05) is 30.3 Å². The Labute approximate surface area is 129 Å². The zero-order valence-electron chi connectivity index (χ0n) is 12.6. The zero-order chi connectivity index (χ0) is 15.7. The van der Waals surface area contributed by atoms with E-state index in [-0.39, 0.29) is 11.9 Å². The van der Waals surface area contributed by atoms with Crippen LogP contribution in [0.5, 0.6) is 5.75 Å². The Bertz CT molecular complexity index is 736. The van der Waals surface area contributed by atoms with Crippen molar-refractivity contribution >= 4 is 23.4 Å². The quantitative estimate of drug-likeness (QED) is 0.682. The van der Waals surface area contributed by atoms with Gasteiger partial charge in [0.1, 0.15) is 0 Å². The van der Waals surface area contributed by atoms with E-state index in [4.69, 9.17) is 10.5 Å². The number of nitrogen functional groups attached to an aromatic ring is 1. The Morgan fingerprint density at radius 1 is 1.14 bits per heavy atom. The van der Waals surface area contributed by atoms with E-state index in [1.54, 1.807) is 29.2 Å². The van der Waals surface area contributed by atoms with Gasteiger partial charge < -0.3 is 10.5 Å². The van der Waals surface area contributed by atoms with E-state index >= 15 is 0 Å². The lowest BCUT2D eigenvalue weighted by molar-refractivity contribution is -0.117. The average Bonchev–Trinajstić information content (AvgIpc) is 2.49. The van der Waals surface area contributed by atoms with Crippen molar-refractivity contribution < 1.29 is 9.53 Å². The standard InChI is InChI=1S/C18H18N2O2/c1-12(2)20-15-11-14(19)8-9-16(15)22-17(18(20)21)10-13-6-4-3-5-7-13/h3-12H,19H2,1-2H3/b17-10+. The molecule has 0 aromatic heterocycles. The number of benzene rings is 2. The molecule has 0 radical (unpaired) electrons. The minimum atomic E-state index is -0.156. The first kappa shape index (κ1) is 14.2. The first-order chi connectivity index (χ1) is 10.6. The lowest BCUT2D eigenvalue weighted by atomic mass is 10.1. The second-order valence-electron chi connectivity index (χ2n) is 5.52. The number of carbonyl (C=O) groups is 1. The maximum absolute atomic E-state index is 12.7. The highest BCUT2D eigenvalue weighted by atomic mass is 16.5. The lowest BCUT2D eigenvalue weighted by Crippen LogP contribution is -2.42. The molecule has 4 heteroatoms. The SMILES string of the molecule is CC(C)N1C(=O)/C(=C\c2ccccc2)Oc2ccc(N)cc21. The molecule has 0 bridgehead atoms. The number of rotatable bonds is 2. The van der Waals surface area contributed by atoms with Gasteiger partial charge in [0.25, 0.3) is 5.91 Å². The van der Waals surface area contributed by atoms with Crippen molar-refractivity contribution in [1.82, 2.24) is 0 Å². The molecule has 0 saturated heterocycles. The van der Waals surface area contributed by atoms with Crippen LogP contribution in [-0.2, 0) is 4.79 Å². The number of fused-ring (bicyclic) bond motifs is 1. The summed E-state index contributed by atoms with van der Waals surface area (Å²) in [6, 6.07) is 15.0. The fourth-order valence-electron chi connectivity index (χ4n) is 2.50. The van der Waals surface area contributed by atoms with Gasteiger partial charge in [-0.25, -0.2) is 0 Å². The summed E-state index contributed by atoms with van der Waals surface area (Å²) >= 11 is 0. The van der Waals surface area contributed by atoms with Crippen molar-refractivity contribution in [2.45, 2.75) is 19.9 Å². The number of nitrogens with zero attached hydrogens (tertiary/aromatic N) is 1. The van der Waals surface area contributed by atoms with E-state index in [0.29, 0.717) is 22.9 Å². The molecule has 1 aliphatic heterocycles. The van der Waals surface area contributed by atoms with E-state index in [2.05, 4.69) is 0 Å². The smallest absolute Gasteiger partial charge is 0.294 e. The summed E-state index contributed by atoms with van der Waals surface area (Å²) in [5.41, 5.74) is 8.09. The number of ether oxygens (including phenoxy) is 1. The molecule has 1 heterocycles. The summed E-state index contributed by atoms with van der Waals surface area (Å²) in [5, 5.41) is 0. The Kier molecular flexibility index (Phi) is 3.59. The largest absolute Gasteiger partial charge is 0.449 e. The lowest BCUT2D eigenvalue weighted by Gasteiger charge is -2.33. The summed E-state index contributed by atoms with van der Waals surface area (Å²) in [6.45, 7) is 3.94. The van der Waals surface area contributed by atoms with Crippen LogP contribution in [0.3, 0.4) is 0 Å². The summed E-state index contributed by atoms with van der Waals surface area (Å²) in [4.78, 5) is 14.4. The molecule has 0 atom stereocenters. The molecular formula is C18H18N2O2. The van der Waals surface area contributed by atoms with E-state index in [9.17, 15) is 4.79 Å². The molecule has 22 heavy (non-hydrogen) atoms. The molecule has 112 valence electrons. The van der Waals surface area contributed by atoms with Crippen LogP contribution < -0.4 is 15.4 Å². The molecule has 2 aromatic rings. The topological polar surface area (TPSA) is 55.6 Å². The normalized spacial score (nSPS) is 15.9. The molecule has 1 amide bonds. The molecule has 2 N–H and O–H groups in total. The minimum absolute atomic E-state index is 0.0103. The predicted molar refractivity (Wildman–Crippen MR) is 88.5 cm³/mol. The van der Waals surface area contributed by atoms with Gasteiger partial charge in [0, 0.05) is 11.7 Å². The van der Waals surface area contributed by atoms with Gasteiger partial charge >= 0.3 is 0 Å². The number of hydrogen-bond donors (Lipinski definition) is 1. The Hall–Kier alpha value is -2.75. The third-order valence-electron chi connectivity index (χ3n) is 3.51. The maximum Gasteiger partial charge on any atom is 0.294 e. The number of nitrogens with two attached hydrogens (primary N) is 1. The van der Waals surface area contributed by atoms with Gasteiger partial charge in [-0.05, 0) is 43.7 Å². The van der Waals surface area contributed by atoms with Crippen LogP contribution in [-0.4, -0.2) is 11.9 Å². The highest BCUT2D eigenvalue weighted by molar-refractivity contribution is 6.10. The molecule has 0 saturated carbocycles. The van der Waals surface area contributed by atoms with Gasteiger partial charge in [0.2, 0.25) is 0 Å². The Balaban J connectivity index is 2.08. The van der Waals surface area contributed by atoms with Crippen molar-refractivity contribution in [2.24, 2.45) is 0 Å². The average molecular weight is 294 g/mol. The van der Waals surface area contributed by atoms with Crippen LogP contribution in [0.15, 0.2) is 54.3 Å². The predicted octanol–water partition coefficient (Wildman–Crippen LogP) is 3.44. The van der Waals surface area contributed by atoms with Gasteiger partial charge in [-0.2, -0.15) is 0 Å².